The number of hydrogen-bond donors (Lipinski definition) is 1. The highest BCUT2D eigenvalue weighted by molar-refractivity contribution is 7.89. The van der Waals surface area contributed by atoms with Crippen molar-refractivity contribution in [3.63, 3.8) is 0 Å². The molecule has 0 bridgehead atoms. The van der Waals surface area contributed by atoms with Crippen molar-refractivity contribution in [2.24, 2.45) is 0 Å². The molecule has 138 valence electrons. The minimum absolute atomic E-state index is 0.0445. The monoisotopic (exact) mass is 366 g/mol. The predicted octanol–water partition coefficient (Wildman–Crippen LogP) is 2.41. The number of piperidine rings is 1. The summed E-state index contributed by atoms with van der Waals surface area (Å²) >= 11 is 0. The fraction of sp³-hybridized carbons (Fsp3) is 0.500. The minimum atomic E-state index is -3.61. The quantitative estimate of drug-likeness (QED) is 0.785. The van der Waals surface area contributed by atoms with E-state index in [4.69, 9.17) is 4.74 Å². The Bertz CT molecular complexity index is 735. The zero-order valence-electron chi connectivity index (χ0n) is 15.0. The Hall–Kier alpha value is -1.86. The molecule has 1 N–H and O–H groups in total. The van der Waals surface area contributed by atoms with Gasteiger partial charge in [0.25, 0.3) is 0 Å². The molecule has 1 aliphatic heterocycles. The van der Waals surface area contributed by atoms with Crippen molar-refractivity contribution in [2.45, 2.75) is 44.0 Å². The molecule has 0 aromatic heterocycles. The van der Waals surface area contributed by atoms with Crippen LogP contribution in [0, 0.1) is 0 Å². The summed E-state index contributed by atoms with van der Waals surface area (Å²) in [7, 11) is -2.16. The largest absolute Gasteiger partial charge is 0.495 e. The van der Waals surface area contributed by atoms with Gasteiger partial charge in [-0.05, 0) is 50.5 Å². The molecular weight excluding hydrogens is 340 g/mol. The minimum Gasteiger partial charge on any atom is -0.495 e. The molecule has 0 unspecified atom stereocenters. The predicted molar refractivity (Wildman–Crippen MR) is 97.9 cm³/mol. The molecular formula is C18H26N2O4S. The van der Waals surface area contributed by atoms with E-state index in [1.807, 2.05) is 13.8 Å². The van der Waals surface area contributed by atoms with Gasteiger partial charge in [-0.3, -0.25) is 4.79 Å². The van der Waals surface area contributed by atoms with Crippen LogP contribution in [0.5, 0.6) is 5.75 Å². The second-order valence-electron chi connectivity index (χ2n) is 6.37. The van der Waals surface area contributed by atoms with Crippen molar-refractivity contribution >= 4 is 22.0 Å². The summed E-state index contributed by atoms with van der Waals surface area (Å²) in [6.07, 6.45) is 5.80. The van der Waals surface area contributed by atoms with Gasteiger partial charge in [0.15, 0.2) is 0 Å². The van der Waals surface area contributed by atoms with Crippen LogP contribution in [0.15, 0.2) is 29.2 Å². The number of rotatable bonds is 6. The third-order valence-electron chi connectivity index (χ3n) is 3.98. The fourth-order valence-electron chi connectivity index (χ4n) is 2.75. The first-order valence-electron chi connectivity index (χ1n) is 8.51. The van der Waals surface area contributed by atoms with E-state index in [1.54, 1.807) is 24.3 Å². The Morgan fingerprint density at radius 3 is 2.52 bits per heavy atom. The molecule has 1 fully saturated rings. The summed E-state index contributed by atoms with van der Waals surface area (Å²) in [5.41, 5.74) is 0.635. The average Bonchev–Trinajstić information content (AvgIpc) is 2.60. The maximum absolute atomic E-state index is 12.9. The zero-order valence-corrected chi connectivity index (χ0v) is 15.8. The molecule has 1 heterocycles. The van der Waals surface area contributed by atoms with E-state index in [9.17, 15) is 13.2 Å². The first-order chi connectivity index (χ1) is 11.8. The van der Waals surface area contributed by atoms with Gasteiger partial charge in [0.2, 0.25) is 15.9 Å². The van der Waals surface area contributed by atoms with Gasteiger partial charge in [-0.2, -0.15) is 4.31 Å². The summed E-state index contributed by atoms with van der Waals surface area (Å²) in [6.45, 7) is 4.82. The molecule has 0 saturated carbocycles. The Balaban J connectivity index is 2.30. The molecule has 7 heteroatoms. The van der Waals surface area contributed by atoms with Crippen molar-refractivity contribution in [1.29, 1.82) is 0 Å². The van der Waals surface area contributed by atoms with Gasteiger partial charge in [0.05, 0.1) is 7.11 Å². The summed E-state index contributed by atoms with van der Waals surface area (Å²) in [5, 5.41) is 2.76. The van der Waals surface area contributed by atoms with Crippen molar-refractivity contribution in [3.05, 3.63) is 29.8 Å². The van der Waals surface area contributed by atoms with E-state index in [0.717, 1.165) is 19.3 Å². The lowest BCUT2D eigenvalue weighted by molar-refractivity contribution is -0.116. The maximum atomic E-state index is 12.9. The lowest BCUT2D eigenvalue weighted by Gasteiger charge is -2.26. The SMILES string of the molecule is COc1ccc(/C=C/C(=O)NC(C)C)cc1S(=O)(=O)N1CCCCC1. The smallest absolute Gasteiger partial charge is 0.246 e. The second-order valence-corrected chi connectivity index (χ2v) is 8.28. The number of ether oxygens (including phenoxy) is 1. The van der Waals surface area contributed by atoms with Gasteiger partial charge in [-0.25, -0.2) is 8.42 Å². The number of methoxy groups -OCH3 is 1. The standard InChI is InChI=1S/C18H26N2O4S/c1-14(2)19-18(21)10-8-15-7-9-16(24-3)17(13-15)25(22,23)20-11-5-4-6-12-20/h7-10,13-14H,4-6,11-12H2,1-3H3,(H,19,21)/b10-8+. The average molecular weight is 366 g/mol. The van der Waals surface area contributed by atoms with Gasteiger partial charge >= 0.3 is 0 Å². The first kappa shape index (κ1) is 19.5. The van der Waals surface area contributed by atoms with E-state index in [2.05, 4.69) is 5.32 Å². The molecule has 1 amide bonds. The fourth-order valence-corrected chi connectivity index (χ4v) is 4.46. The molecule has 25 heavy (non-hydrogen) atoms. The molecule has 0 radical (unpaired) electrons. The van der Waals surface area contributed by atoms with E-state index in [1.165, 1.54) is 17.5 Å². The molecule has 0 spiro atoms. The van der Waals surface area contributed by atoms with Crippen LogP contribution in [0.25, 0.3) is 6.08 Å². The lowest BCUT2D eigenvalue weighted by atomic mass is 10.2. The van der Waals surface area contributed by atoms with E-state index in [-0.39, 0.29) is 16.8 Å². The number of nitrogens with one attached hydrogen (secondary N) is 1. The van der Waals surface area contributed by atoms with Crippen molar-refractivity contribution in [3.8, 4) is 5.75 Å². The van der Waals surface area contributed by atoms with Gasteiger partial charge in [-0.1, -0.05) is 12.5 Å². The summed E-state index contributed by atoms with van der Waals surface area (Å²) in [6, 6.07) is 4.95. The normalized spacial score (nSPS) is 16.3. The molecule has 1 aromatic carbocycles. The van der Waals surface area contributed by atoms with Gasteiger partial charge in [0.1, 0.15) is 10.6 Å². The molecule has 0 atom stereocenters. The van der Waals surface area contributed by atoms with Crippen LogP contribution in [-0.4, -0.2) is 44.9 Å². The third kappa shape index (κ3) is 5.06. The van der Waals surface area contributed by atoms with Crippen molar-refractivity contribution in [2.75, 3.05) is 20.2 Å². The zero-order chi connectivity index (χ0) is 18.4. The summed E-state index contributed by atoms with van der Waals surface area (Å²) in [5.74, 6) is 0.0978. The van der Waals surface area contributed by atoms with E-state index < -0.39 is 10.0 Å². The third-order valence-corrected chi connectivity index (χ3v) is 5.90. The van der Waals surface area contributed by atoms with Crippen LogP contribution < -0.4 is 10.1 Å². The topological polar surface area (TPSA) is 75.7 Å². The Kier molecular flexibility index (Phi) is 6.61. The van der Waals surface area contributed by atoms with Gasteiger partial charge in [0, 0.05) is 25.2 Å². The highest BCUT2D eigenvalue weighted by atomic mass is 32.2. The first-order valence-corrected chi connectivity index (χ1v) is 9.95. The van der Waals surface area contributed by atoms with E-state index in [0.29, 0.717) is 24.4 Å². The Morgan fingerprint density at radius 1 is 1.24 bits per heavy atom. The van der Waals surface area contributed by atoms with Gasteiger partial charge in [-0.15, -0.1) is 0 Å². The molecule has 1 aromatic rings. The van der Waals surface area contributed by atoms with Gasteiger partial charge < -0.3 is 10.1 Å². The number of carbonyl (C=O) groups is 1. The Labute approximate surface area is 149 Å². The highest BCUT2D eigenvalue weighted by Gasteiger charge is 2.28. The van der Waals surface area contributed by atoms with Crippen LogP contribution in [0.1, 0.15) is 38.7 Å². The van der Waals surface area contributed by atoms with Crippen LogP contribution in [0.4, 0.5) is 0 Å². The number of hydrogen-bond acceptors (Lipinski definition) is 4. The van der Waals surface area contributed by atoms with Crippen molar-refractivity contribution in [1.82, 2.24) is 9.62 Å². The van der Waals surface area contributed by atoms with Crippen LogP contribution in [-0.2, 0) is 14.8 Å². The molecule has 0 aliphatic carbocycles. The molecule has 6 nitrogen and oxygen atoms in total. The summed E-state index contributed by atoms with van der Waals surface area (Å²) < 4.78 is 32.6. The lowest BCUT2D eigenvalue weighted by Crippen LogP contribution is -2.35. The molecule has 1 aliphatic rings. The highest BCUT2D eigenvalue weighted by Crippen LogP contribution is 2.29. The van der Waals surface area contributed by atoms with E-state index >= 15 is 0 Å². The number of nitrogens with zero attached hydrogens (tertiary/aromatic N) is 1. The molecule has 1 saturated heterocycles. The summed E-state index contributed by atoms with van der Waals surface area (Å²) in [4.78, 5) is 11.9. The Morgan fingerprint density at radius 2 is 1.92 bits per heavy atom. The number of sulfonamides is 1. The molecule has 2 rings (SSSR count). The van der Waals surface area contributed by atoms with Crippen LogP contribution in [0.2, 0.25) is 0 Å². The van der Waals surface area contributed by atoms with Crippen LogP contribution in [0.3, 0.4) is 0 Å². The van der Waals surface area contributed by atoms with Crippen molar-refractivity contribution < 1.29 is 17.9 Å². The number of carbonyl (C=O) groups excluding carboxylic acids is 1. The number of benzene rings is 1. The van der Waals surface area contributed by atoms with Crippen LogP contribution >= 0.6 is 0 Å². The second kappa shape index (κ2) is 8.49. The maximum Gasteiger partial charge on any atom is 0.246 e. The number of amides is 1.